The first-order chi connectivity index (χ1) is 8.58. The summed E-state index contributed by atoms with van der Waals surface area (Å²) < 4.78 is 18.3. The number of hydrogen-bond donors (Lipinski definition) is 1. The van der Waals surface area contributed by atoms with Gasteiger partial charge in [-0.25, -0.2) is 19.2 Å². The Balaban J connectivity index is 2.37. The van der Waals surface area contributed by atoms with Crippen LogP contribution in [0.25, 0.3) is 0 Å². The van der Waals surface area contributed by atoms with Crippen LogP contribution in [-0.2, 0) is 0 Å². The molecule has 18 heavy (non-hydrogen) atoms. The average Bonchev–Trinajstić information content (AvgIpc) is 2.33. The Morgan fingerprint density at radius 3 is 2.89 bits per heavy atom. The van der Waals surface area contributed by atoms with Gasteiger partial charge in [0.2, 0.25) is 5.88 Å². The molecule has 0 aliphatic heterocycles. The second kappa shape index (κ2) is 4.79. The van der Waals surface area contributed by atoms with Crippen molar-refractivity contribution in [3.05, 3.63) is 47.7 Å². The third-order valence-electron chi connectivity index (χ3n) is 2.25. The van der Waals surface area contributed by atoms with E-state index in [1.165, 1.54) is 24.5 Å². The molecule has 0 bridgehead atoms. The summed E-state index contributed by atoms with van der Waals surface area (Å²) in [5.41, 5.74) is 0.395. The van der Waals surface area contributed by atoms with Gasteiger partial charge in [-0.05, 0) is 30.7 Å². The number of hydrogen-bond acceptors (Lipinski definition) is 4. The second-order valence-electron chi connectivity index (χ2n) is 3.56. The van der Waals surface area contributed by atoms with Crippen LogP contribution in [0.15, 0.2) is 30.7 Å². The van der Waals surface area contributed by atoms with E-state index in [0.29, 0.717) is 11.3 Å². The van der Waals surface area contributed by atoms with Crippen molar-refractivity contribution in [2.24, 2.45) is 0 Å². The van der Waals surface area contributed by atoms with Crippen molar-refractivity contribution in [3.63, 3.8) is 0 Å². The van der Waals surface area contributed by atoms with Gasteiger partial charge in [-0.3, -0.25) is 0 Å². The number of benzene rings is 1. The Morgan fingerprint density at radius 2 is 2.22 bits per heavy atom. The molecule has 0 spiro atoms. The minimum absolute atomic E-state index is 0.0767. The van der Waals surface area contributed by atoms with Gasteiger partial charge in [0.25, 0.3) is 0 Å². The maximum atomic E-state index is 12.9. The lowest BCUT2D eigenvalue weighted by molar-refractivity contribution is 0.0692. The molecule has 2 rings (SSSR count). The molecule has 0 radical (unpaired) electrons. The van der Waals surface area contributed by atoms with Gasteiger partial charge in [0, 0.05) is 6.20 Å². The number of carbonyl (C=O) groups is 1. The van der Waals surface area contributed by atoms with Gasteiger partial charge in [-0.2, -0.15) is 0 Å². The quantitative estimate of drug-likeness (QED) is 0.902. The molecule has 0 unspecified atom stereocenters. The molecule has 5 nitrogen and oxygen atoms in total. The van der Waals surface area contributed by atoms with Gasteiger partial charge in [0.15, 0.2) is 0 Å². The van der Waals surface area contributed by atoms with Crippen LogP contribution in [0.1, 0.15) is 15.9 Å². The number of rotatable bonds is 3. The lowest BCUT2D eigenvalue weighted by atomic mass is 10.2. The topological polar surface area (TPSA) is 72.3 Å². The van der Waals surface area contributed by atoms with Crippen molar-refractivity contribution < 1.29 is 19.0 Å². The zero-order valence-corrected chi connectivity index (χ0v) is 9.42. The first-order valence-corrected chi connectivity index (χ1v) is 5.05. The fourth-order valence-corrected chi connectivity index (χ4v) is 1.38. The van der Waals surface area contributed by atoms with E-state index in [-0.39, 0.29) is 17.3 Å². The van der Waals surface area contributed by atoms with Crippen LogP contribution in [-0.4, -0.2) is 21.0 Å². The fourth-order valence-electron chi connectivity index (χ4n) is 1.38. The molecule has 0 saturated heterocycles. The number of nitrogens with zero attached hydrogens (tertiary/aromatic N) is 2. The second-order valence-corrected chi connectivity index (χ2v) is 3.56. The minimum atomic E-state index is -1.19. The predicted molar refractivity (Wildman–Crippen MR) is 60.2 cm³/mol. The van der Waals surface area contributed by atoms with Gasteiger partial charge in [-0.1, -0.05) is 0 Å². The first kappa shape index (κ1) is 12.0. The van der Waals surface area contributed by atoms with Crippen LogP contribution in [0.4, 0.5) is 4.39 Å². The molecule has 1 N–H and O–H groups in total. The highest BCUT2D eigenvalue weighted by atomic mass is 19.1. The van der Waals surface area contributed by atoms with Gasteiger partial charge in [0.05, 0.1) is 0 Å². The monoisotopic (exact) mass is 248 g/mol. The summed E-state index contributed by atoms with van der Waals surface area (Å²) in [6.45, 7) is 1.65. The summed E-state index contributed by atoms with van der Waals surface area (Å²) >= 11 is 0. The number of carboxylic acid groups (broad SMARTS) is 1. The third-order valence-corrected chi connectivity index (χ3v) is 2.25. The molecule has 0 aliphatic carbocycles. The van der Waals surface area contributed by atoms with Crippen molar-refractivity contribution in [1.82, 2.24) is 9.97 Å². The first-order valence-electron chi connectivity index (χ1n) is 5.05. The van der Waals surface area contributed by atoms with Gasteiger partial charge in [-0.15, -0.1) is 0 Å². The van der Waals surface area contributed by atoms with Crippen LogP contribution in [0.5, 0.6) is 11.6 Å². The molecule has 1 aromatic heterocycles. The molecule has 1 aromatic carbocycles. The number of aromatic carboxylic acids is 1. The van der Waals surface area contributed by atoms with E-state index in [4.69, 9.17) is 9.84 Å². The molecular weight excluding hydrogens is 239 g/mol. The summed E-state index contributed by atoms with van der Waals surface area (Å²) in [5, 5.41) is 8.94. The largest absolute Gasteiger partial charge is 0.477 e. The summed E-state index contributed by atoms with van der Waals surface area (Å²) in [6, 6.07) is 3.93. The zero-order chi connectivity index (χ0) is 13.1. The smallest absolute Gasteiger partial charge is 0.342 e. The zero-order valence-electron chi connectivity index (χ0n) is 9.42. The van der Waals surface area contributed by atoms with Crippen molar-refractivity contribution in [3.8, 4) is 11.6 Å². The highest BCUT2D eigenvalue weighted by molar-refractivity contribution is 5.89. The van der Waals surface area contributed by atoms with Crippen LogP contribution in [0.3, 0.4) is 0 Å². The molecule has 0 saturated carbocycles. The minimum Gasteiger partial charge on any atom is -0.477 e. The van der Waals surface area contributed by atoms with Crippen molar-refractivity contribution in [2.75, 3.05) is 0 Å². The van der Waals surface area contributed by atoms with Crippen LogP contribution < -0.4 is 4.74 Å². The molecule has 92 valence electrons. The van der Waals surface area contributed by atoms with Crippen molar-refractivity contribution >= 4 is 5.97 Å². The highest BCUT2D eigenvalue weighted by Crippen LogP contribution is 2.25. The SMILES string of the molecule is Cc1cc(F)ccc1Oc1ncncc1C(=O)O. The Hall–Kier alpha value is -2.50. The van der Waals surface area contributed by atoms with E-state index in [0.717, 1.165) is 6.20 Å². The van der Waals surface area contributed by atoms with E-state index < -0.39 is 5.97 Å². The number of aryl methyl sites for hydroxylation is 1. The van der Waals surface area contributed by atoms with E-state index >= 15 is 0 Å². The molecule has 0 fully saturated rings. The Labute approximate surface area is 102 Å². The van der Waals surface area contributed by atoms with Gasteiger partial charge >= 0.3 is 5.97 Å². The number of aromatic nitrogens is 2. The molecule has 0 atom stereocenters. The number of ether oxygens (including phenoxy) is 1. The summed E-state index contributed by atoms with van der Waals surface area (Å²) in [7, 11) is 0. The van der Waals surface area contributed by atoms with Crippen LogP contribution >= 0.6 is 0 Å². The van der Waals surface area contributed by atoms with E-state index in [1.54, 1.807) is 6.92 Å². The van der Waals surface area contributed by atoms with Crippen LogP contribution in [0, 0.1) is 12.7 Å². The van der Waals surface area contributed by atoms with Gasteiger partial charge in [0.1, 0.15) is 23.5 Å². The molecule has 1 heterocycles. The Morgan fingerprint density at radius 1 is 1.44 bits per heavy atom. The predicted octanol–water partition coefficient (Wildman–Crippen LogP) is 2.41. The molecule has 0 amide bonds. The standard InChI is InChI=1S/C12H9FN2O3/c1-7-4-8(13)2-3-10(7)18-11-9(12(16)17)5-14-6-15-11/h2-6H,1H3,(H,16,17). The molecular formula is C12H9FN2O3. The highest BCUT2D eigenvalue weighted by Gasteiger charge is 2.14. The maximum absolute atomic E-state index is 12.9. The lowest BCUT2D eigenvalue weighted by Crippen LogP contribution is -2.03. The molecule has 0 aliphatic rings. The van der Waals surface area contributed by atoms with Crippen LogP contribution in [0.2, 0.25) is 0 Å². The van der Waals surface area contributed by atoms with E-state index in [9.17, 15) is 9.18 Å². The lowest BCUT2D eigenvalue weighted by Gasteiger charge is -2.09. The normalized spacial score (nSPS) is 10.1. The molecule has 6 heteroatoms. The number of halogens is 1. The van der Waals surface area contributed by atoms with Gasteiger partial charge < -0.3 is 9.84 Å². The van der Waals surface area contributed by atoms with E-state index in [1.807, 2.05) is 0 Å². The summed E-state index contributed by atoms with van der Waals surface area (Å²) in [6.07, 6.45) is 2.32. The number of carboxylic acids is 1. The molecule has 2 aromatic rings. The fraction of sp³-hybridized carbons (Fsp3) is 0.0833. The Bertz CT molecular complexity index is 602. The Kier molecular flexibility index (Phi) is 3.18. The third kappa shape index (κ3) is 2.42. The van der Waals surface area contributed by atoms with E-state index in [2.05, 4.69) is 9.97 Å². The summed E-state index contributed by atoms with van der Waals surface area (Å²) in [5.74, 6) is -1.31. The van der Waals surface area contributed by atoms with Crippen molar-refractivity contribution in [1.29, 1.82) is 0 Å². The summed E-state index contributed by atoms with van der Waals surface area (Å²) in [4.78, 5) is 18.3. The average molecular weight is 248 g/mol. The van der Waals surface area contributed by atoms with Crippen molar-refractivity contribution in [2.45, 2.75) is 6.92 Å². The maximum Gasteiger partial charge on any atom is 0.342 e.